The predicted octanol–water partition coefficient (Wildman–Crippen LogP) is 4.14. The van der Waals surface area contributed by atoms with Gasteiger partial charge >= 0.3 is 26.2 Å². The molecule has 5 aromatic rings. The van der Waals surface area contributed by atoms with Gasteiger partial charge in [-0.1, -0.05) is 84.9 Å². The molecule has 2 atom stereocenters. The SMILES string of the molecule is CC(=O)Oc1c2c(c(OC(C)=O)c3cc4ccccc4cc13)[C@H](OB(O)c1ccccc1)C[C@@](OB(O)c1ccccc1)(C1(C)OCCO1)C2. The van der Waals surface area contributed by atoms with E-state index in [2.05, 4.69) is 0 Å². The van der Waals surface area contributed by atoms with Crippen LogP contribution >= 0.6 is 0 Å². The highest BCUT2D eigenvalue weighted by Gasteiger charge is 2.60. The van der Waals surface area contributed by atoms with Crippen molar-refractivity contribution in [3.05, 3.63) is 108 Å². The molecule has 0 saturated carbocycles. The van der Waals surface area contributed by atoms with Gasteiger partial charge in [-0.2, -0.15) is 0 Å². The lowest BCUT2D eigenvalue weighted by molar-refractivity contribution is -0.261. The summed E-state index contributed by atoms with van der Waals surface area (Å²) in [6.45, 7) is 4.87. The molecule has 2 aliphatic rings. The molecule has 1 aliphatic carbocycles. The molecule has 1 aliphatic heterocycles. The van der Waals surface area contributed by atoms with Gasteiger partial charge in [0, 0.05) is 48.6 Å². The molecule has 50 heavy (non-hydrogen) atoms. The molecule has 0 unspecified atom stereocenters. The molecule has 0 radical (unpaired) electrons. The van der Waals surface area contributed by atoms with Crippen LogP contribution in [0.15, 0.2) is 97.1 Å². The molecule has 254 valence electrons. The number of benzene rings is 5. The lowest BCUT2D eigenvalue weighted by Crippen LogP contribution is -2.62. The molecule has 0 aromatic heterocycles. The summed E-state index contributed by atoms with van der Waals surface area (Å²) >= 11 is 0. The molecule has 12 heteroatoms. The summed E-state index contributed by atoms with van der Waals surface area (Å²) in [5.74, 6) is -2.19. The molecule has 0 bridgehead atoms. The van der Waals surface area contributed by atoms with Crippen LogP contribution in [0, 0.1) is 0 Å². The van der Waals surface area contributed by atoms with Crippen LogP contribution in [0.3, 0.4) is 0 Å². The van der Waals surface area contributed by atoms with Gasteiger partial charge in [-0.05, 0) is 40.8 Å². The van der Waals surface area contributed by atoms with E-state index in [1.165, 1.54) is 13.8 Å². The maximum Gasteiger partial charge on any atom is 0.491 e. The fourth-order valence-corrected chi connectivity index (χ4v) is 7.16. The minimum Gasteiger partial charge on any atom is -0.426 e. The number of hydrogen-bond acceptors (Lipinski definition) is 10. The van der Waals surface area contributed by atoms with Gasteiger partial charge in [-0.3, -0.25) is 9.59 Å². The predicted molar refractivity (Wildman–Crippen MR) is 188 cm³/mol. The quantitative estimate of drug-likeness (QED) is 0.102. The number of esters is 2. The van der Waals surface area contributed by atoms with E-state index >= 15 is 0 Å². The van der Waals surface area contributed by atoms with E-state index in [0.29, 0.717) is 32.8 Å². The molecule has 1 saturated heterocycles. The van der Waals surface area contributed by atoms with Crippen LogP contribution in [0.1, 0.15) is 44.4 Å². The Labute approximate surface area is 290 Å². The number of fused-ring (bicyclic) bond motifs is 3. The lowest BCUT2D eigenvalue weighted by Gasteiger charge is -2.50. The third-order valence-electron chi connectivity index (χ3n) is 9.48. The van der Waals surface area contributed by atoms with E-state index in [4.69, 9.17) is 28.3 Å². The Hall–Kier alpha value is -4.55. The molecule has 0 amide bonds. The van der Waals surface area contributed by atoms with Crippen molar-refractivity contribution < 1.29 is 47.9 Å². The summed E-state index contributed by atoms with van der Waals surface area (Å²) < 4.78 is 37.8. The van der Waals surface area contributed by atoms with E-state index in [0.717, 1.165) is 10.8 Å². The summed E-state index contributed by atoms with van der Waals surface area (Å²) in [6.07, 6.45) is -1.12. The van der Waals surface area contributed by atoms with E-state index in [9.17, 15) is 19.6 Å². The Kier molecular flexibility index (Phi) is 9.25. The van der Waals surface area contributed by atoms with Crippen molar-refractivity contribution in [3.8, 4) is 11.5 Å². The fourth-order valence-electron chi connectivity index (χ4n) is 7.16. The maximum atomic E-state index is 12.9. The highest BCUT2D eigenvalue weighted by atomic mass is 16.8. The highest BCUT2D eigenvalue weighted by Crippen LogP contribution is 2.56. The summed E-state index contributed by atoms with van der Waals surface area (Å²) in [7, 11) is -2.87. The smallest absolute Gasteiger partial charge is 0.426 e. The van der Waals surface area contributed by atoms with Crippen LogP contribution in [0.25, 0.3) is 21.5 Å². The zero-order valence-electron chi connectivity index (χ0n) is 28.0. The number of rotatable bonds is 9. The first kappa shape index (κ1) is 33.9. The normalized spacial score (nSPS) is 19.6. The van der Waals surface area contributed by atoms with Crippen LogP contribution in [-0.2, 0) is 34.8 Å². The first-order chi connectivity index (χ1) is 24.1. The van der Waals surface area contributed by atoms with E-state index in [1.807, 2.05) is 48.5 Å². The number of carbonyl (C=O) groups is 2. The Morgan fingerprint density at radius 2 is 1.24 bits per heavy atom. The average Bonchev–Trinajstić information content (AvgIpc) is 3.57. The number of carbonyl (C=O) groups excluding carboxylic acids is 2. The minimum absolute atomic E-state index is 0.0241. The molecule has 1 fully saturated rings. The topological polar surface area (TPSA) is 130 Å². The molecular weight excluding hydrogens is 638 g/mol. The molecule has 10 nitrogen and oxygen atoms in total. The summed E-state index contributed by atoms with van der Waals surface area (Å²) in [6, 6.07) is 29.2. The molecule has 2 N–H and O–H groups in total. The van der Waals surface area contributed by atoms with Gasteiger partial charge in [-0.15, -0.1) is 0 Å². The third kappa shape index (κ3) is 6.30. The highest BCUT2D eigenvalue weighted by molar-refractivity contribution is 6.60. The fraction of sp³-hybridized carbons (Fsp3) is 0.263. The van der Waals surface area contributed by atoms with Crippen LogP contribution in [0.2, 0.25) is 0 Å². The zero-order chi connectivity index (χ0) is 35.0. The second kappa shape index (κ2) is 13.6. The van der Waals surface area contributed by atoms with E-state index < -0.39 is 43.7 Å². The molecule has 5 aromatic carbocycles. The number of hydrogen-bond donors (Lipinski definition) is 2. The van der Waals surface area contributed by atoms with Crippen LogP contribution in [-0.4, -0.2) is 60.8 Å². The van der Waals surface area contributed by atoms with Gasteiger partial charge < -0.3 is 38.3 Å². The van der Waals surface area contributed by atoms with Gasteiger partial charge in [0.1, 0.15) is 17.1 Å². The van der Waals surface area contributed by atoms with Crippen LogP contribution < -0.4 is 20.4 Å². The summed E-state index contributed by atoms with van der Waals surface area (Å²) in [5, 5.41) is 25.9. The van der Waals surface area contributed by atoms with Gasteiger partial charge in [0.15, 0.2) is 5.79 Å². The Balaban J connectivity index is 1.53. The molecule has 7 rings (SSSR count). The Morgan fingerprint density at radius 1 is 0.740 bits per heavy atom. The summed E-state index contributed by atoms with van der Waals surface area (Å²) in [4.78, 5) is 25.7. The van der Waals surface area contributed by atoms with Crippen molar-refractivity contribution >= 4 is 58.6 Å². The largest absolute Gasteiger partial charge is 0.491 e. The van der Waals surface area contributed by atoms with Crippen molar-refractivity contribution in [2.24, 2.45) is 0 Å². The van der Waals surface area contributed by atoms with Gasteiger partial charge in [0.05, 0.1) is 19.3 Å². The first-order valence-electron chi connectivity index (χ1n) is 16.5. The second-order valence-corrected chi connectivity index (χ2v) is 12.8. The van der Waals surface area contributed by atoms with Gasteiger partial charge in [0.2, 0.25) is 0 Å². The van der Waals surface area contributed by atoms with Crippen LogP contribution in [0.4, 0.5) is 0 Å². The van der Waals surface area contributed by atoms with Crippen LogP contribution in [0.5, 0.6) is 11.5 Å². The monoisotopic (exact) mass is 674 g/mol. The van der Waals surface area contributed by atoms with Crippen molar-refractivity contribution in [2.45, 2.75) is 51.1 Å². The molecule has 0 spiro atoms. The Bertz CT molecular complexity index is 2050. The third-order valence-corrected chi connectivity index (χ3v) is 9.48. The summed E-state index contributed by atoms with van der Waals surface area (Å²) in [5.41, 5.74) is 0.281. The van der Waals surface area contributed by atoms with E-state index in [-0.39, 0.29) is 37.6 Å². The second-order valence-electron chi connectivity index (χ2n) is 12.8. The van der Waals surface area contributed by atoms with Crippen molar-refractivity contribution in [1.29, 1.82) is 0 Å². The lowest BCUT2D eigenvalue weighted by atomic mass is 9.69. The molecule has 1 heterocycles. The molecular formula is C38H36B2O10. The van der Waals surface area contributed by atoms with Gasteiger partial charge in [0.25, 0.3) is 0 Å². The van der Waals surface area contributed by atoms with E-state index in [1.54, 1.807) is 55.5 Å². The first-order valence-corrected chi connectivity index (χ1v) is 16.5. The number of ether oxygens (including phenoxy) is 4. The van der Waals surface area contributed by atoms with Crippen molar-refractivity contribution in [2.75, 3.05) is 13.2 Å². The minimum atomic E-state index is -1.50. The van der Waals surface area contributed by atoms with Crippen molar-refractivity contribution in [3.63, 3.8) is 0 Å². The van der Waals surface area contributed by atoms with Gasteiger partial charge in [-0.25, -0.2) is 0 Å². The Morgan fingerprint density at radius 3 is 1.80 bits per heavy atom. The standard InChI is InChI=1S/C38H36B2O10/c1-24(41)47-35-30-20-26-12-10-11-13-27(26)21-31(30)36(48-25(2)42)34-32(35)22-38(37(3)45-18-19-46-37,50-40(44)29-16-8-5-9-17-29)23-33(34)49-39(43)28-14-6-4-7-15-28/h4-17,20-21,33,43-44H,18-19,22-23H2,1-3H3/t33-,38-/m1/s1. The van der Waals surface area contributed by atoms with Crippen molar-refractivity contribution in [1.82, 2.24) is 0 Å². The maximum absolute atomic E-state index is 12.9. The zero-order valence-corrected chi connectivity index (χ0v) is 28.0. The average molecular weight is 674 g/mol.